The molecule has 0 saturated carbocycles. The topological polar surface area (TPSA) is 102 Å². The van der Waals surface area contributed by atoms with Crippen LogP contribution in [0.25, 0.3) is 0 Å². The number of benzene rings is 1. The molecular weight excluding hydrogens is 312 g/mol. The zero-order chi connectivity index (χ0) is 16.9. The van der Waals surface area contributed by atoms with Crippen LogP contribution < -0.4 is 9.46 Å². The fourth-order valence-electron chi connectivity index (χ4n) is 1.46. The van der Waals surface area contributed by atoms with Gasteiger partial charge >= 0.3 is 5.97 Å². The van der Waals surface area contributed by atoms with Gasteiger partial charge < -0.3 is 14.4 Å². The molecule has 0 spiro atoms. The predicted molar refractivity (Wildman–Crippen MR) is 78.2 cm³/mol. The van der Waals surface area contributed by atoms with E-state index < -0.39 is 22.6 Å². The average Bonchev–Trinajstić information content (AvgIpc) is 2.51. The first-order valence-corrected chi connectivity index (χ1v) is 7.70. The maximum Gasteiger partial charge on any atom is 0.338 e. The summed E-state index contributed by atoms with van der Waals surface area (Å²) in [5.41, 5.74) is 0.00109. The smallest absolute Gasteiger partial charge is 0.338 e. The third-order valence-corrected chi connectivity index (χ3v) is 4.22. The maximum atomic E-state index is 11.9. The Morgan fingerprint density at radius 1 is 1.27 bits per heavy atom. The van der Waals surface area contributed by atoms with Crippen molar-refractivity contribution in [2.45, 2.75) is 4.90 Å². The van der Waals surface area contributed by atoms with Crippen LogP contribution in [0.15, 0.2) is 23.1 Å². The van der Waals surface area contributed by atoms with Gasteiger partial charge in [-0.25, -0.2) is 17.9 Å². The van der Waals surface area contributed by atoms with Crippen molar-refractivity contribution in [3.8, 4) is 5.75 Å². The van der Waals surface area contributed by atoms with Gasteiger partial charge in [0.05, 0.1) is 12.7 Å². The van der Waals surface area contributed by atoms with Crippen LogP contribution in [0.1, 0.15) is 10.4 Å². The van der Waals surface area contributed by atoms with Gasteiger partial charge in [-0.3, -0.25) is 4.79 Å². The molecule has 0 heterocycles. The normalized spacial score (nSPS) is 10.9. The van der Waals surface area contributed by atoms with Crippen LogP contribution in [-0.2, 0) is 19.6 Å². The molecule has 0 saturated heterocycles. The first-order valence-electron chi connectivity index (χ1n) is 6.21. The fourth-order valence-corrected chi connectivity index (χ4v) is 2.38. The molecule has 0 aliphatic heterocycles. The largest absolute Gasteiger partial charge is 0.495 e. The number of carbonyl (C=O) groups excluding carboxylic acids is 2. The van der Waals surface area contributed by atoms with Gasteiger partial charge in [0.1, 0.15) is 10.6 Å². The molecule has 0 aliphatic carbocycles. The summed E-state index contributed by atoms with van der Waals surface area (Å²) in [6.07, 6.45) is 0. The molecule has 0 aromatic heterocycles. The van der Waals surface area contributed by atoms with Gasteiger partial charge in [-0.1, -0.05) is 0 Å². The summed E-state index contributed by atoms with van der Waals surface area (Å²) in [5, 5.41) is 0. The summed E-state index contributed by atoms with van der Waals surface area (Å²) in [6.45, 7) is -0.425. The van der Waals surface area contributed by atoms with Gasteiger partial charge in [0.2, 0.25) is 10.0 Å². The quantitative estimate of drug-likeness (QED) is 0.728. The maximum absolute atomic E-state index is 11.9. The second-order valence-electron chi connectivity index (χ2n) is 4.44. The minimum atomic E-state index is -3.80. The van der Waals surface area contributed by atoms with Crippen LogP contribution in [-0.4, -0.2) is 60.1 Å². The second-order valence-corrected chi connectivity index (χ2v) is 6.29. The standard InChI is InChI=1S/C13H18N2O6S/c1-14-22(18,19)11-7-9(5-6-10(11)20-4)13(17)21-8-12(16)15(2)3/h5-7,14H,8H2,1-4H3. The number of hydrogen-bond donors (Lipinski definition) is 1. The lowest BCUT2D eigenvalue weighted by Gasteiger charge is -2.12. The van der Waals surface area contributed by atoms with Gasteiger partial charge in [0, 0.05) is 14.1 Å². The van der Waals surface area contributed by atoms with Crippen LogP contribution in [0, 0.1) is 0 Å². The Labute approximate surface area is 129 Å². The Balaban J connectivity index is 3.05. The molecule has 0 radical (unpaired) electrons. The average molecular weight is 330 g/mol. The van der Waals surface area contributed by atoms with Gasteiger partial charge in [-0.05, 0) is 25.2 Å². The highest BCUT2D eigenvalue weighted by molar-refractivity contribution is 7.89. The van der Waals surface area contributed by atoms with E-state index in [1.807, 2.05) is 0 Å². The van der Waals surface area contributed by atoms with Crippen molar-refractivity contribution in [3.63, 3.8) is 0 Å². The summed E-state index contributed by atoms with van der Waals surface area (Å²) in [4.78, 5) is 24.4. The number of nitrogens with zero attached hydrogens (tertiary/aromatic N) is 1. The second kappa shape index (κ2) is 7.23. The van der Waals surface area contributed by atoms with E-state index in [9.17, 15) is 18.0 Å². The Hall–Kier alpha value is -2.13. The molecule has 1 N–H and O–H groups in total. The molecular formula is C13H18N2O6S. The SMILES string of the molecule is CNS(=O)(=O)c1cc(C(=O)OCC(=O)N(C)C)ccc1OC. The van der Waals surface area contributed by atoms with E-state index in [0.717, 1.165) is 6.07 Å². The number of rotatable bonds is 6. The third-order valence-electron chi connectivity index (χ3n) is 2.78. The highest BCUT2D eigenvalue weighted by atomic mass is 32.2. The lowest BCUT2D eigenvalue weighted by molar-refractivity contribution is -0.131. The number of carbonyl (C=O) groups is 2. The first kappa shape index (κ1) is 17.9. The van der Waals surface area contributed by atoms with Crippen molar-refractivity contribution in [3.05, 3.63) is 23.8 Å². The van der Waals surface area contributed by atoms with Gasteiger partial charge in [-0.2, -0.15) is 0 Å². The number of sulfonamides is 1. The lowest BCUT2D eigenvalue weighted by atomic mass is 10.2. The molecule has 0 atom stereocenters. The minimum absolute atomic E-state index is 0.00109. The Bertz CT molecular complexity index is 669. The minimum Gasteiger partial charge on any atom is -0.495 e. The molecule has 1 aromatic rings. The molecule has 0 bridgehead atoms. The third kappa shape index (κ3) is 4.18. The number of hydrogen-bond acceptors (Lipinski definition) is 6. The van der Waals surface area contributed by atoms with E-state index in [2.05, 4.69) is 4.72 Å². The number of amides is 1. The molecule has 0 unspecified atom stereocenters. The van der Waals surface area contributed by atoms with Crippen molar-refractivity contribution in [2.24, 2.45) is 0 Å². The molecule has 8 nitrogen and oxygen atoms in total. The summed E-state index contributed by atoms with van der Waals surface area (Å²) >= 11 is 0. The van der Waals surface area contributed by atoms with Crippen LogP contribution in [0.3, 0.4) is 0 Å². The summed E-state index contributed by atoms with van der Waals surface area (Å²) in [7, 11) is 1.82. The molecule has 122 valence electrons. The Morgan fingerprint density at radius 3 is 2.41 bits per heavy atom. The molecule has 1 amide bonds. The molecule has 22 heavy (non-hydrogen) atoms. The predicted octanol–water partition coefficient (Wildman–Crippen LogP) is -0.152. The summed E-state index contributed by atoms with van der Waals surface area (Å²) < 4.78 is 35.8. The van der Waals surface area contributed by atoms with Crippen molar-refractivity contribution < 1.29 is 27.5 Å². The number of ether oxygens (including phenoxy) is 2. The molecule has 1 aromatic carbocycles. The number of esters is 1. The van der Waals surface area contributed by atoms with E-state index in [1.54, 1.807) is 0 Å². The highest BCUT2D eigenvalue weighted by Gasteiger charge is 2.21. The van der Waals surface area contributed by atoms with E-state index in [1.165, 1.54) is 45.3 Å². The van der Waals surface area contributed by atoms with Crippen molar-refractivity contribution >= 4 is 21.9 Å². The van der Waals surface area contributed by atoms with E-state index in [0.29, 0.717) is 0 Å². The monoisotopic (exact) mass is 330 g/mol. The van der Waals surface area contributed by atoms with Crippen LogP contribution in [0.2, 0.25) is 0 Å². The van der Waals surface area contributed by atoms with E-state index in [-0.39, 0.29) is 22.1 Å². The van der Waals surface area contributed by atoms with Gasteiger partial charge in [-0.15, -0.1) is 0 Å². The molecule has 0 aliphatic rings. The van der Waals surface area contributed by atoms with Crippen LogP contribution in [0.4, 0.5) is 0 Å². The summed E-state index contributed by atoms with van der Waals surface area (Å²) in [5.74, 6) is -1.09. The zero-order valence-corrected chi connectivity index (χ0v) is 13.6. The zero-order valence-electron chi connectivity index (χ0n) is 12.7. The fraction of sp³-hybridized carbons (Fsp3) is 0.385. The van der Waals surface area contributed by atoms with Crippen molar-refractivity contribution in [2.75, 3.05) is 34.9 Å². The van der Waals surface area contributed by atoms with Crippen LogP contribution >= 0.6 is 0 Å². The number of likely N-dealkylation sites (N-methyl/N-ethyl adjacent to an activating group) is 1. The lowest BCUT2D eigenvalue weighted by Crippen LogP contribution is -2.27. The summed E-state index contributed by atoms with van der Waals surface area (Å²) in [6, 6.07) is 3.83. The highest BCUT2D eigenvalue weighted by Crippen LogP contribution is 2.24. The van der Waals surface area contributed by atoms with Crippen molar-refractivity contribution in [1.82, 2.24) is 9.62 Å². The number of methoxy groups -OCH3 is 1. The van der Waals surface area contributed by atoms with Gasteiger partial charge in [0.15, 0.2) is 6.61 Å². The number of nitrogens with one attached hydrogen (secondary N) is 1. The van der Waals surface area contributed by atoms with Gasteiger partial charge in [0.25, 0.3) is 5.91 Å². The Kier molecular flexibility index (Phi) is 5.89. The van der Waals surface area contributed by atoms with Crippen LogP contribution in [0.5, 0.6) is 5.75 Å². The van der Waals surface area contributed by atoms with Crippen molar-refractivity contribution in [1.29, 1.82) is 0 Å². The van der Waals surface area contributed by atoms with E-state index in [4.69, 9.17) is 9.47 Å². The van der Waals surface area contributed by atoms with E-state index >= 15 is 0 Å². The first-order chi connectivity index (χ1) is 10.2. The molecule has 0 fully saturated rings. The Morgan fingerprint density at radius 2 is 1.91 bits per heavy atom. The molecule has 1 rings (SSSR count). The molecule has 9 heteroatoms.